The Hall–Kier alpha value is -1.93. The van der Waals surface area contributed by atoms with Crippen molar-refractivity contribution in [2.24, 2.45) is 11.1 Å². The number of oxime groups is 1. The van der Waals surface area contributed by atoms with Gasteiger partial charge in [0.1, 0.15) is 0 Å². The summed E-state index contributed by atoms with van der Waals surface area (Å²) in [6, 6.07) is 5.56. The van der Waals surface area contributed by atoms with Crippen molar-refractivity contribution in [3.05, 3.63) is 29.3 Å². The van der Waals surface area contributed by atoms with Crippen LogP contribution >= 0.6 is 0 Å². The van der Waals surface area contributed by atoms with Gasteiger partial charge in [-0.25, -0.2) is 13.1 Å². The zero-order chi connectivity index (χ0) is 19.6. The molecule has 0 heterocycles. The van der Waals surface area contributed by atoms with Gasteiger partial charge in [0.2, 0.25) is 15.9 Å². The molecule has 1 aromatic rings. The van der Waals surface area contributed by atoms with E-state index < -0.39 is 15.3 Å². The molecule has 0 saturated heterocycles. The van der Waals surface area contributed by atoms with Crippen LogP contribution in [0.25, 0.3) is 0 Å². The number of amides is 1. The molecule has 1 aromatic carbocycles. The Kier molecular flexibility index (Phi) is 5.86. The van der Waals surface area contributed by atoms with Gasteiger partial charge in [-0.2, -0.15) is 0 Å². The average molecular weight is 394 g/mol. The molecular weight excluding hydrogens is 366 g/mol. The van der Waals surface area contributed by atoms with Crippen LogP contribution in [-0.2, 0) is 21.2 Å². The van der Waals surface area contributed by atoms with Crippen molar-refractivity contribution in [1.29, 1.82) is 0 Å². The monoisotopic (exact) mass is 393 g/mol. The molecular formula is C19H27N3O4S. The summed E-state index contributed by atoms with van der Waals surface area (Å²) in [5.41, 5.74) is 3.45. The number of nitrogens with one attached hydrogen (secondary N) is 2. The van der Waals surface area contributed by atoms with Gasteiger partial charge in [0.05, 0.1) is 11.0 Å². The zero-order valence-electron chi connectivity index (χ0n) is 15.7. The van der Waals surface area contributed by atoms with Crippen molar-refractivity contribution in [3.63, 3.8) is 0 Å². The van der Waals surface area contributed by atoms with Gasteiger partial charge >= 0.3 is 0 Å². The van der Waals surface area contributed by atoms with Crippen LogP contribution in [0.15, 0.2) is 23.4 Å². The molecule has 0 aliphatic heterocycles. The highest BCUT2D eigenvalue weighted by Gasteiger charge is 2.29. The van der Waals surface area contributed by atoms with E-state index in [1.165, 1.54) is 0 Å². The highest BCUT2D eigenvalue weighted by molar-refractivity contribution is 7.90. The number of hydrogen-bond donors (Lipinski definition) is 3. The third-order valence-electron chi connectivity index (χ3n) is 5.49. The molecule has 8 heteroatoms. The smallest absolute Gasteiger partial charge is 0.227 e. The number of sulfonamides is 1. The van der Waals surface area contributed by atoms with Crippen LogP contribution in [0.4, 0.5) is 5.69 Å². The van der Waals surface area contributed by atoms with Crippen LogP contribution in [0.1, 0.15) is 57.1 Å². The van der Waals surface area contributed by atoms with Crippen molar-refractivity contribution < 1.29 is 18.4 Å². The summed E-state index contributed by atoms with van der Waals surface area (Å²) in [5.74, 6) is -0.123. The molecule has 1 saturated carbocycles. The number of rotatable bonds is 5. The van der Waals surface area contributed by atoms with Gasteiger partial charge in [0.15, 0.2) is 0 Å². The van der Waals surface area contributed by atoms with Crippen LogP contribution < -0.4 is 10.0 Å². The van der Waals surface area contributed by atoms with E-state index in [-0.39, 0.29) is 17.9 Å². The summed E-state index contributed by atoms with van der Waals surface area (Å²) in [5, 5.41) is 14.8. The summed E-state index contributed by atoms with van der Waals surface area (Å²) in [6.07, 6.45) is 4.20. The predicted octanol–water partition coefficient (Wildman–Crippen LogP) is 2.64. The molecule has 0 atom stereocenters. The highest BCUT2D eigenvalue weighted by Crippen LogP contribution is 2.28. The lowest BCUT2D eigenvalue weighted by atomic mass is 9.86. The number of benzene rings is 1. The molecule has 2 aliphatic carbocycles. The fourth-order valence-electron chi connectivity index (χ4n) is 3.74. The van der Waals surface area contributed by atoms with E-state index in [0.29, 0.717) is 37.8 Å². The summed E-state index contributed by atoms with van der Waals surface area (Å²) < 4.78 is 26.7. The van der Waals surface area contributed by atoms with E-state index in [1.807, 2.05) is 18.2 Å². The summed E-state index contributed by atoms with van der Waals surface area (Å²) in [7, 11) is -3.27. The van der Waals surface area contributed by atoms with Gasteiger partial charge in [0, 0.05) is 23.2 Å². The molecule has 2 aliphatic rings. The van der Waals surface area contributed by atoms with E-state index in [1.54, 1.807) is 13.8 Å². The van der Waals surface area contributed by atoms with Gasteiger partial charge in [-0.1, -0.05) is 11.2 Å². The Labute approximate surface area is 160 Å². The zero-order valence-corrected chi connectivity index (χ0v) is 16.6. The first-order valence-electron chi connectivity index (χ1n) is 9.46. The average Bonchev–Trinajstić information content (AvgIpc) is 3.04. The van der Waals surface area contributed by atoms with Crippen molar-refractivity contribution in [3.8, 4) is 0 Å². The first-order valence-corrected chi connectivity index (χ1v) is 11.0. The lowest BCUT2D eigenvalue weighted by molar-refractivity contribution is -0.120. The lowest BCUT2D eigenvalue weighted by Crippen LogP contribution is -2.42. The standard InChI is InChI=1S/C19H27N3O4S/c1-12(2)27(25,26)22-15-6-3-13(4-7-15)19(23)20-16-8-9-17-14(11-16)5-10-18(17)21-24/h8-9,11-13,15,22,24H,3-7,10H2,1-2H3,(H,20,23)/b21-18+. The van der Waals surface area contributed by atoms with E-state index >= 15 is 0 Å². The molecule has 148 valence electrons. The topological polar surface area (TPSA) is 108 Å². The SMILES string of the molecule is CC(C)S(=O)(=O)NC1CCC(C(=O)Nc2ccc3c(c2)CC/C3=N\O)CC1. The molecule has 0 radical (unpaired) electrons. The summed E-state index contributed by atoms with van der Waals surface area (Å²) in [6.45, 7) is 3.32. The lowest BCUT2D eigenvalue weighted by Gasteiger charge is -2.28. The number of fused-ring (bicyclic) bond motifs is 1. The Morgan fingerprint density at radius 1 is 1.19 bits per heavy atom. The molecule has 1 amide bonds. The van der Waals surface area contributed by atoms with E-state index in [2.05, 4.69) is 15.2 Å². The number of carbonyl (C=O) groups is 1. The minimum Gasteiger partial charge on any atom is -0.411 e. The van der Waals surface area contributed by atoms with E-state index in [9.17, 15) is 13.2 Å². The van der Waals surface area contributed by atoms with Gasteiger partial charge in [-0.05, 0) is 70.1 Å². The number of carbonyl (C=O) groups excluding carboxylic acids is 1. The fourth-order valence-corrected chi connectivity index (χ4v) is 4.71. The Balaban J connectivity index is 1.55. The van der Waals surface area contributed by atoms with Crippen LogP contribution in [0.2, 0.25) is 0 Å². The second kappa shape index (κ2) is 7.98. The minimum atomic E-state index is -3.27. The van der Waals surface area contributed by atoms with Crippen LogP contribution in [0.3, 0.4) is 0 Å². The summed E-state index contributed by atoms with van der Waals surface area (Å²) >= 11 is 0. The maximum atomic E-state index is 12.6. The molecule has 0 unspecified atom stereocenters. The molecule has 27 heavy (non-hydrogen) atoms. The van der Waals surface area contributed by atoms with Crippen molar-refractivity contribution in [2.75, 3.05) is 5.32 Å². The third-order valence-corrected chi connectivity index (χ3v) is 7.39. The van der Waals surface area contributed by atoms with Crippen molar-refractivity contribution in [1.82, 2.24) is 4.72 Å². The second-order valence-electron chi connectivity index (χ2n) is 7.67. The molecule has 0 aromatic heterocycles. The maximum absolute atomic E-state index is 12.6. The largest absolute Gasteiger partial charge is 0.411 e. The van der Waals surface area contributed by atoms with Crippen molar-refractivity contribution in [2.45, 2.75) is 63.7 Å². The minimum absolute atomic E-state index is 0.0193. The number of nitrogens with zero attached hydrogens (tertiary/aromatic N) is 1. The van der Waals surface area contributed by atoms with E-state index in [4.69, 9.17) is 5.21 Å². The molecule has 0 spiro atoms. The molecule has 0 bridgehead atoms. The normalized spacial score (nSPS) is 24.2. The predicted molar refractivity (Wildman–Crippen MR) is 105 cm³/mol. The number of hydrogen-bond acceptors (Lipinski definition) is 5. The number of aryl methyl sites for hydroxylation is 1. The quantitative estimate of drug-likeness (QED) is 0.528. The molecule has 7 nitrogen and oxygen atoms in total. The fraction of sp³-hybridized carbons (Fsp3) is 0.579. The van der Waals surface area contributed by atoms with E-state index in [0.717, 1.165) is 23.2 Å². The Morgan fingerprint density at radius 2 is 1.89 bits per heavy atom. The van der Waals surface area contributed by atoms with Gasteiger partial charge < -0.3 is 10.5 Å². The third kappa shape index (κ3) is 4.50. The molecule has 1 fully saturated rings. The Bertz CT molecular complexity index is 841. The van der Waals surface area contributed by atoms with Crippen molar-refractivity contribution >= 4 is 27.3 Å². The molecule has 3 N–H and O–H groups in total. The van der Waals surface area contributed by atoms with Crippen LogP contribution in [0, 0.1) is 5.92 Å². The van der Waals surface area contributed by atoms with Gasteiger partial charge in [-0.3, -0.25) is 4.79 Å². The van der Waals surface area contributed by atoms with Gasteiger partial charge in [-0.15, -0.1) is 0 Å². The van der Waals surface area contributed by atoms with Crippen LogP contribution in [0.5, 0.6) is 0 Å². The maximum Gasteiger partial charge on any atom is 0.227 e. The second-order valence-corrected chi connectivity index (χ2v) is 9.94. The molecule has 3 rings (SSSR count). The van der Waals surface area contributed by atoms with Gasteiger partial charge in [0.25, 0.3) is 0 Å². The first kappa shape index (κ1) is 19.8. The van der Waals surface area contributed by atoms with Crippen LogP contribution in [-0.4, -0.2) is 36.5 Å². The first-order chi connectivity index (χ1) is 12.8. The summed E-state index contributed by atoms with van der Waals surface area (Å²) in [4.78, 5) is 12.6. The highest BCUT2D eigenvalue weighted by atomic mass is 32.2. The number of anilines is 1. The Morgan fingerprint density at radius 3 is 2.52 bits per heavy atom.